The van der Waals surface area contributed by atoms with Gasteiger partial charge in [-0.15, -0.1) is 0 Å². The first kappa shape index (κ1) is 16.7. The van der Waals surface area contributed by atoms with Crippen LogP contribution in [0.4, 0.5) is 0 Å². The molecular weight excluding hydrogens is 302 g/mol. The predicted molar refractivity (Wildman–Crippen MR) is 84.0 cm³/mol. The van der Waals surface area contributed by atoms with E-state index in [0.717, 1.165) is 17.8 Å². The molecule has 0 saturated heterocycles. The summed E-state index contributed by atoms with van der Waals surface area (Å²) in [5, 5.41) is 8.45. The quantitative estimate of drug-likeness (QED) is 0.877. The highest BCUT2D eigenvalue weighted by Crippen LogP contribution is 2.21. The molecule has 0 spiro atoms. The number of hydrogen-bond donors (Lipinski definition) is 1. The number of nitrogens with one attached hydrogen (secondary N) is 1. The van der Waals surface area contributed by atoms with Crippen LogP contribution in [0, 0.1) is 13.8 Å². The summed E-state index contributed by atoms with van der Waals surface area (Å²) in [7, 11) is -3.61. The fourth-order valence-electron chi connectivity index (χ4n) is 2.49. The molecule has 0 bridgehead atoms. The maximum Gasteiger partial charge on any atom is 0.244 e. The second kappa shape index (κ2) is 6.21. The molecule has 1 N–H and O–H groups in total. The highest BCUT2D eigenvalue weighted by atomic mass is 32.2. The molecule has 0 aliphatic heterocycles. The van der Waals surface area contributed by atoms with Crippen LogP contribution in [0.5, 0.6) is 0 Å². The van der Waals surface area contributed by atoms with Crippen LogP contribution in [-0.4, -0.2) is 28.0 Å². The van der Waals surface area contributed by atoms with Crippen molar-refractivity contribution in [3.8, 4) is 0 Å². The maximum absolute atomic E-state index is 12.6. The topological polar surface area (TPSA) is 81.8 Å². The minimum Gasteiger partial charge on any atom is -0.271 e. The van der Waals surface area contributed by atoms with E-state index in [4.69, 9.17) is 0 Å². The van der Waals surface area contributed by atoms with Crippen molar-refractivity contribution in [3.05, 3.63) is 29.3 Å². The third-order valence-corrected chi connectivity index (χ3v) is 5.40. The van der Waals surface area contributed by atoms with Gasteiger partial charge in [0.1, 0.15) is 4.90 Å². The third-order valence-electron chi connectivity index (χ3n) is 3.75. The van der Waals surface area contributed by atoms with E-state index in [-0.39, 0.29) is 10.9 Å². The number of nitrogens with zero attached hydrogens (tertiary/aromatic N) is 4. The molecule has 1 atom stereocenters. The van der Waals surface area contributed by atoms with Crippen molar-refractivity contribution in [1.29, 1.82) is 0 Å². The molecule has 22 heavy (non-hydrogen) atoms. The third kappa shape index (κ3) is 3.07. The molecule has 0 aliphatic rings. The monoisotopic (exact) mass is 325 g/mol. The largest absolute Gasteiger partial charge is 0.271 e. The first-order valence-corrected chi connectivity index (χ1v) is 8.87. The lowest BCUT2D eigenvalue weighted by molar-refractivity contribution is 0.564. The highest BCUT2D eigenvalue weighted by molar-refractivity contribution is 7.89. The Morgan fingerprint density at radius 3 is 2.45 bits per heavy atom. The number of hydrogen-bond acceptors (Lipinski definition) is 4. The van der Waals surface area contributed by atoms with Crippen molar-refractivity contribution in [2.24, 2.45) is 0 Å². The summed E-state index contributed by atoms with van der Waals surface area (Å²) in [5.41, 5.74) is 2.35. The van der Waals surface area contributed by atoms with Gasteiger partial charge in [0.15, 0.2) is 0 Å². The minimum atomic E-state index is -3.61. The van der Waals surface area contributed by atoms with Gasteiger partial charge in [-0.3, -0.25) is 9.36 Å². The molecule has 2 aromatic rings. The van der Waals surface area contributed by atoms with E-state index in [0.29, 0.717) is 12.2 Å². The first-order chi connectivity index (χ1) is 10.3. The smallest absolute Gasteiger partial charge is 0.244 e. The zero-order chi connectivity index (χ0) is 16.5. The minimum absolute atomic E-state index is 0.224. The zero-order valence-corrected chi connectivity index (χ0v) is 14.5. The molecular formula is C14H23N5O2S. The molecule has 1 unspecified atom stereocenters. The summed E-state index contributed by atoms with van der Waals surface area (Å²) in [6.45, 7) is 10.8. The number of rotatable bonds is 6. The van der Waals surface area contributed by atoms with Crippen LogP contribution in [0.2, 0.25) is 0 Å². The number of sulfonamides is 1. The SMILES string of the molecule is CCn1cc(S(=O)(=O)NC(C)c2cnn(CC)c2C)c(C)n1. The van der Waals surface area contributed by atoms with Gasteiger partial charge in [0, 0.05) is 36.6 Å². The Morgan fingerprint density at radius 1 is 1.27 bits per heavy atom. The molecule has 0 aromatic carbocycles. The number of aromatic nitrogens is 4. The Balaban J connectivity index is 2.27. The van der Waals surface area contributed by atoms with Crippen molar-refractivity contribution in [2.45, 2.75) is 58.6 Å². The van der Waals surface area contributed by atoms with E-state index in [2.05, 4.69) is 14.9 Å². The van der Waals surface area contributed by atoms with E-state index in [1.165, 1.54) is 0 Å². The van der Waals surface area contributed by atoms with Crippen LogP contribution in [0.25, 0.3) is 0 Å². The molecule has 122 valence electrons. The van der Waals surface area contributed by atoms with Crippen LogP contribution >= 0.6 is 0 Å². The molecule has 2 heterocycles. The fourth-order valence-corrected chi connectivity index (χ4v) is 3.90. The van der Waals surface area contributed by atoms with Gasteiger partial charge in [-0.1, -0.05) is 0 Å². The Labute approximate surface area is 131 Å². The molecule has 2 aromatic heterocycles. The Kier molecular flexibility index (Phi) is 4.72. The van der Waals surface area contributed by atoms with Gasteiger partial charge in [-0.05, 0) is 34.6 Å². The fraction of sp³-hybridized carbons (Fsp3) is 0.571. The van der Waals surface area contributed by atoms with Crippen molar-refractivity contribution in [2.75, 3.05) is 0 Å². The predicted octanol–water partition coefficient (Wildman–Crippen LogP) is 1.78. The summed E-state index contributed by atoms with van der Waals surface area (Å²) in [5.74, 6) is 0. The molecule has 8 heteroatoms. The van der Waals surface area contributed by atoms with Crippen LogP contribution in [0.15, 0.2) is 17.3 Å². The van der Waals surface area contributed by atoms with E-state index in [1.54, 1.807) is 24.0 Å². The van der Waals surface area contributed by atoms with Crippen LogP contribution in [0.1, 0.15) is 43.8 Å². The van der Waals surface area contributed by atoms with Crippen LogP contribution in [-0.2, 0) is 23.1 Å². The average molecular weight is 325 g/mol. The normalized spacial score (nSPS) is 13.5. The molecule has 2 rings (SSSR count). The van der Waals surface area contributed by atoms with Gasteiger partial charge in [0.05, 0.1) is 11.9 Å². The second-order valence-corrected chi connectivity index (χ2v) is 6.96. The van der Waals surface area contributed by atoms with Crippen LogP contribution in [0.3, 0.4) is 0 Å². The van der Waals surface area contributed by atoms with Crippen molar-refractivity contribution in [3.63, 3.8) is 0 Å². The molecule has 0 aliphatic carbocycles. The van der Waals surface area contributed by atoms with Gasteiger partial charge >= 0.3 is 0 Å². The number of aryl methyl sites for hydroxylation is 3. The van der Waals surface area contributed by atoms with Crippen molar-refractivity contribution >= 4 is 10.0 Å². The molecule has 0 saturated carbocycles. The summed E-state index contributed by atoms with van der Waals surface area (Å²) in [6, 6.07) is -0.352. The first-order valence-electron chi connectivity index (χ1n) is 7.38. The van der Waals surface area contributed by atoms with E-state index in [9.17, 15) is 8.42 Å². The second-order valence-electron chi connectivity index (χ2n) is 5.28. The lowest BCUT2D eigenvalue weighted by Crippen LogP contribution is -2.27. The van der Waals surface area contributed by atoms with Gasteiger partial charge in [0.25, 0.3) is 0 Å². The molecule has 0 fully saturated rings. The van der Waals surface area contributed by atoms with Gasteiger partial charge in [0.2, 0.25) is 10.0 Å². The average Bonchev–Trinajstić information content (AvgIpc) is 3.01. The van der Waals surface area contributed by atoms with E-state index >= 15 is 0 Å². The van der Waals surface area contributed by atoms with Crippen LogP contribution < -0.4 is 4.72 Å². The summed E-state index contributed by atoms with van der Waals surface area (Å²) < 4.78 is 31.3. The molecule has 0 radical (unpaired) electrons. The maximum atomic E-state index is 12.6. The van der Waals surface area contributed by atoms with Crippen molar-refractivity contribution in [1.82, 2.24) is 24.3 Å². The van der Waals surface area contributed by atoms with Gasteiger partial charge < -0.3 is 0 Å². The summed E-state index contributed by atoms with van der Waals surface area (Å²) in [6.07, 6.45) is 3.28. The standard InChI is InChI=1S/C14H23N5O2S/c1-6-18-9-14(11(4)16-18)22(20,21)17-10(3)13-8-15-19(7-2)12(13)5/h8-10,17H,6-7H2,1-5H3. The molecule has 7 nitrogen and oxygen atoms in total. The molecule has 0 amide bonds. The van der Waals surface area contributed by atoms with Gasteiger partial charge in [-0.25, -0.2) is 13.1 Å². The Morgan fingerprint density at radius 2 is 1.95 bits per heavy atom. The highest BCUT2D eigenvalue weighted by Gasteiger charge is 2.24. The lowest BCUT2D eigenvalue weighted by atomic mass is 10.1. The Hall–Kier alpha value is -1.67. The van der Waals surface area contributed by atoms with E-state index < -0.39 is 10.0 Å². The van der Waals surface area contributed by atoms with Gasteiger partial charge in [-0.2, -0.15) is 10.2 Å². The summed E-state index contributed by atoms with van der Waals surface area (Å²) >= 11 is 0. The lowest BCUT2D eigenvalue weighted by Gasteiger charge is -2.14. The van der Waals surface area contributed by atoms with E-state index in [1.807, 2.05) is 32.4 Å². The zero-order valence-electron chi connectivity index (χ0n) is 13.7. The Bertz CT molecular complexity index is 760. The van der Waals surface area contributed by atoms with Crippen molar-refractivity contribution < 1.29 is 8.42 Å². The summed E-state index contributed by atoms with van der Waals surface area (Å²) in [4.78, 5) is 0.224.